The second-order valence-corrected chi connectivity index (χ2v) is 12.5. The number of imidazole rings is 2. The highest BCUT2D eigenvalue weighted by molar-refractivity contribution is 6.30. The second-order valence-electron chi connectivity index (χ2n) is 12.1. The topological polar surface area (TPSA) is 95.6 Å². The molecular formula is C38H42ClN7O. The molecule has 1 saturated heterocycles. The van der Waals surface area contributed by atoms with E-state index in [9.17, 15) is 0 Å². The molecule has 2 unspecified atom stereocenters. The molecule has 0 aliphatic carbocycles. The summed E-state index contributed by atoms with van der Waals surface area (Å²) in [5.74, 6) is 2.77. The first-order valence-corrected chi connectivity index (χ1v) is 17.2. The molecule has 0 bridgehead atoms. The summed E-state index contributed by atoms with van der Waals surface area (Å²) in [6, 6.07) is 21.4. The molecule has 242 valence electrons. The lowest BCUT2D eigenvalue weighted by Crippen LogP contribution is -2.16. The fraction of sp³-hybridized carbons (Fsp3) is 0.316. The van der Waals surface area contributed by atoms with E-state index in [-0.39, 0.29) is 6.10 Å². The second kappa shape index (κ2) is 13.4. The normalized spacial score (nSPS) is 16.8. The van der Waals surface area contributed by atoms with E-state index in [1.807, 2.05) is 38.4 Å². The van der Waals surface area contributed by atoms with E-state index < -0.39 is 0 Å². The van der Waals surface area contributed by atoms with E-state index in [0.717, 1.165) is 99.1 Å². The minimum atomic E-state index is -0.311. The quantitative estimate of drug-likeness (QED) is 0.124. The van der Waals surface area contributed by atoms with E-state index in [1.54, 1.807) is 0 Å². The van der Waals surface area contributed by atoms with Crippen LogP contribution in [0.15, 0.2) is 73.1 Å². The zero-order chi connectivity index (χ0) is 32.5. The number of hydrogen-bond donors (Lipinski definition) is 4. The molecule has 0 saturated carbocycles. The summed E-state index contributed by atoms with van der Waals surface area (Å²) in [5, 5.41) is 8.82. The minimum absolute atomic E-state index is 0.294. The van der Waals surface area contributed by atoms with Crippen LogP contribution in [0.5, 0.6) is 5.75 Å². The molecule has 5 heterocycles. The summed E-state index contributed by atoms with van der Waals surface area (Å²) in [6.07, 6.45) is 6.92. The molecule has 2 aliphatic rings. The lowest BCUT2D eigenvalue weighted by atomic mass is 9.91. The van der Waals surface area contributed by atoms with Crippen LogP contribution in [0.2, 0.25) is 5.02 Å². The smallest absolute Gasteiger partial charge is 0.152 e. The van der Waals surface area contributed by atoms with E-state index in [0.29, 0.717) is 17.6 Å². The lowest BCUT2D eigenvalue weighted by Gasteiger charge is -2.28. The van der Waals surface area contributed by atoms with Gasteiger partial charge in [0, 0.05) is 45.2 Å². The summed E-state index contributed by atoms with van der Waals surface area (Å²) in [6.45, 7) is 8.88. The number of nitrogens with one attached hydrogen (secondary N) is 4. The summed E-state index contributed by atoms with van der Waals surface area (Å²) in [7, 11) is 2.15. The maximum atomic E-state index is 6.94. The van der Waals surface area contributed by atoms with E-state index in [2.05, 4.69) is 92.7 Å². The van der Waals surface area contributed by atoms with Gasteiger partial charge in [-0.05, 0) is 74.3 Å². The number of aromatic nitrogens is 5. The number of aryl methyl sites for hydroxylation is 1. The van der Waals surface area contributed by atoms with Crippen LogP contribution in [0.25, 0.3) is 44.7 Å². The average molecular weight is 648 g/mol. The molecule has 4 N–H and O–H groups in total. The Labute approximate surface area is 281 Å². The fourth-order valence-corrected chi connectivity index (χ4v) is 6.96. The van der Waals surface area contributed by atoms with Crippen molar-refractivity contribution in [2.45, 2.75) is 58.7 Å². The van der Waals surface area contributed by atoms with Crippen molar-refractivity contribution in [3.63, 3.8) is 0 Å². The van der Waals surface area contributed by atoms with Gasteiger partial charge in [-0.3, -0.25) is 0 Å². The third-order valence-electron chi connectivity index (χ3n) is 9.11. The third kappa shape index (κ3) is 5.86. The van der Waals surface area contributed by atoms with Crippen molar-refractivity contribution in [3.05, 3.63) is 101 Å². The first-order valence-electron chi connectivity index (χ1n) is 16.8. The predicted molar refractivity (Wildman–Crippen MR) is 191 cm³/mol. The van der Waals surface area contributed by atoms with Crippen molar-refractivity contribution in [2.24, 2.45) is 7.05 Å². The molecule has 0 spiro atoms. The summed E-state index contributed by atoms with van der Waals surface area (Å²) in [4.78, 5) is 16.4. The van der Waals surface area contributed by atoms with Gasteiger partial charge in [0.05, 0.1) is 42.1 Å². The zero-order valence-electron chi connectivity index (χ0n) is 27.5. The molecule has 3 aromatic carbocycles. The van der Waals surface area contributed by atoms with Crippen molar-refractivity contribution < 1.29 is 4.74 Å². The van der Waals surface area contributed by atoms with Crippen LogP contribution in [-0.2, 0) is 13.6 Å². The first kappa shape index (κ1) is 31.2. The van der Waals surface area contributed by atoms with Gasteiger partial charge >= 0.3 is 0 Å². The van der Waals surface area contributed by atoms with Crippen LogP contribution in [-0.4, -0.2) is 37.6 Å². The van der Waals surface area contributed by atoms with E-state index in [4.69, 9.17) is 21.3 Å². The third-order valence-corrected chi connectivity index (χ3v) is 9.36. The minimum Gasteiger partial charge on any atom is -0.480 e. The van der Waals surface area contributed by atoms with Gasteiger partial charge in [-0.15, -0.1) is 0 Å². The molecule has 2 aliphatic heterocycles. The Kier molecular flexibility index (Phi) is 8.90. The number of ether oxygens (including phenoxy) is 1. The van der Waals surface area contributed by atoms with Crippen molar-refractivity contribution in [3.8, 4) is 39.5 Å². The largest absolute Gasteiger partial charge is 0.480 e. The Bertz CT molecular complexity index is 2000. The van der Waals surface area contributed by atoms with Crippen LogP contribution < -0.4 is 15.4 Å². The molecule has 3 aromatic heterocycles. The number of halogens is 1. The van der Waals surface area contributed by atoms with Crippen LogP contribution in [0.3, 0.4) is 0 Å². The SMILES string of the molecule is CC.CCCNCc1ncc(-c2ccc3c(c2)OC(c2ccc(Cl)cc2)c2c-3n(C)c3ccc(-c4cnc(C5CCCN5)[nH]4)cc23)[nH]1. The van der Waals surface area contributed by atoms with Gasteiger partial charge in [0.15, 0.2) is 6.10 Å². The van der Waals surface area contributed by atoms with Gasteiger partial charge in [-0.2, -0.15) is 0 Å². The molecule has 6 aromatic rings. The number of hydrogen-bond acceptors (Lipinski definition) is 5. The van der Waals surface area contributed by atoms with Crippen molar-refractivity contribution in [1.82, 2.24) is 35.1 Å². The Balaban J connectivity index is 0.00000172. The maximum Gasteiger partial charge on any atom is 0.152 e. The van der Waals surface area contributed by atoms with Gasteiger partial charge < -0.3 is 29.9 Å². The first-order chi connectivity index (χ1) is 23.1. The Morgan fingerprint density at radius 3 is 2.51 bits per heavy atom. The molecule has 0 radical (unpaired) electrons. The molecule has 8 rings (SSSR count). The summed E-state index contributed by atoms with van der Waals surface area (Å²) < 4.78 is 9.24. The highest BCUT2D eigenvalue weighted by Crippen LogP contribution is 2.50. The average Bonchev–Trinajstić information content (AvgIpc) is 3.93. The van der Waals surface area contributed by atoms with Gasteiger partial charge in [-0.25, -0.2) is 9.97 Å². The Morgan fingerprint density at radius 2 is 1.72 bits per heavy atom. The Morgan fingerprint density at radius 1 is 0.957 bits per heavy atom. The zero-order valence-corrected chi connectivity index (χ0v) is 28.2. The maximum absolute atomic E-state index is 6.94. The number of H-pyrrole nitrogens is 2. The molecular weight excluding hydrogens is 606 g/mol. The van der Waals surface area contributed by atoms with E-state index in [1.165, 1.54) is 6.42 Å². The van der Waals surface area contributed by atoms with Gasteiger partial charge in [0.1, 0.15) is 17.4 Å². The molecule has 47 heavy (non-hydrogen) atoms. The van der Waals surface area contributed by atoms with Crippen LogP contribution in [0.1, 0.15) is 75.0 Å². The number of benzene rings is 3. The standard InChI is InChI=1S/C36H36ClN7O.C2H6/c1-3-14-38-20-32-40-18-28(42-32)23-8-12-25-31(17-23)45-35(21-6-10-24(37)11-7-21)33-26-16-22(9-13-30(26)44(2)34(25)33)29-19-41-36(43-29)27-5-4-15-39-27;1-2/h6-13,16-19,27,35,38-39H,3-5,14-15,20H2,1-2H3,(H,40,42)(H,41,43);1-2H3. The Hall–Kier alpha value is -4.37. The molecule has 8 nitrogen and oxygen atoms in total. The van der Waals surface area contributed by atoms with Crippen molar-refractivity contribution >= 4 is 22.5 Å². The summed E-state index contributed by atoms with van der Waals surface area (Å²) >= 11 is 6.33. The highest BCUT2D eigenvalue weighted by Gasteiger charge is 2.33. The molecule has 1 fully saturated rings. The molecule has 9 heteroatoms. The number of fused-ring (bicyclic) bond motifs is 5. The van der Waals surface area contributed by atoms with Gasteiger partial charge in [0.2, 0.25) is 0 Å². The highest BCUT2D eigenvalue weighted by atomic mass is 35.5. The summed E-state index contributed by atoms with van der Waals surface area (Å²) in [5.41, 5.74) is 9.71. The van der Waals surface area contributed by atoms with Crippen LogP contribution >= 0.6 is 11.6 Å². The van der Waals surface area contributed by atoms with E-state index >= 15 is 0 Å². The monoisotopic (exact) mass is 647 g/mol. The van der Waals surface area contributed by atoms with Crippen LogP contribution in [0.4, 0.5) is 0 Å². The number of rotatable bonds is 8. The lowest BCUT2D eigenvalue weighted by molar-refractivity contribution is 0.245. The van der Waals surface area contributed by atoms with Gasteiger partial charge in [-0.1, -0.05) is 56.6 Å². The van der Waals surface area contributed by atoms with Gasteiger partial charge in [0.25, 0.3) is 0 Å². The van der Waals surface area contributed by atoms with Crippen molar-refractivity contribution in [2.75, 3.05) is 13.1 Å². The molecule has 0 amide bonds. The number of nitrogens with zero attached hydrogens (tertiary/aromatic N) is 3. The predicted octanol–water partition coefficient (Wildman–Crippen LogP) is 8.71. The van der Waals surface area contributed by atoms with Crippen molar-refractivity contribution in [1.29, 1.82) is 0 Å². The molecule has 2 atom stereocenters. The number of aromatic amines is 2. The van der Waals surface area contributed by atoms with Crippen LogP contribution in [0, 0.1) is 0 Å². The fourth-order valence-electron chi connectivity index (χ4n) is 6.83.